The molecule has 1 aromatic rings. The Morgan fingerprint density at radius 1 is 1.23 bits per heavy atom. The van der Waals surface area contributed by atoms with E-state index in [1.807, 2.05) is 27.7 Å². The molecule has 1 rings (SSSR count). The maximum absolute atomic E-state index is 13.2. The van der Waals surface area contributed by atoms with Gasteiger partial charge in [-0.1, -0.05) is 33.8 Å². The van der Waals surface area contributed by atoms with E-state index in [2.05, 4.69) is 5.32 Å². The number of ketones is 1. The molecule has 0 aromatic heterocycles. The van der Waals surface area contributed by atoms with Crippen LogP contribution in [0.2, 0.25) is 0 Å². The van der Waals surface area contributed by atoms with Gasteiger partial charge in [0.1, 0.15) is 11.6 Å². The summed E-state index contributed by atoms with van der Waals surface area (Å²) >= 11 is 0. The third-order valence-corrected chi connectivity index (χ3v) is 2.92. The van der Waals surface area contributed by atoms with Gasteiger partial charge in [0.25, 0.3) is 0 Å². The number of hydrogen-bond acceptors (Lipinski definition) is 2. The first-order chi connectivity index (χ1) is 10.1. The summed E-state index contributed by atoms with van der Waals surface area (Å²) in [6.07, 6.45) is -4.77. The minimum Gasteiger partial charge on any atom is -0.313 e. The first-order valence-electron chi connectivity index (χ1n) is 7.23. The predicted octanol–water partition coefficient (Wildman–Crippen LogP) is 4.54. The number of rotatable bonds is 5. The zero-order valence-electron chi connectivity index (χ0n) is 13.5. The molecule has 1 atom stereocenters. The number of carbonyl (C=O) groups is 1. The second-order valence-corrected chi connectivity index (χ2v) is 4.96. The lowest BCUT2D eigenvalue weighted by atomic mass is 9.93. The van der Waals surface area contributed by atoms with Crippen LogP contribution in [0.4, 0.5) is 17.6 Å². The van der Waals surface area contributed by atoms with E-state index in [-0.39, 0.29) is 23.9 Å². The normalized spacial score (nSPS) is 12.6. The van der Waals surface area contributed by atoms with Crippen molar-refractivity contribution in [2.45, 2.75) is 52.8 Å². The fourth-order valence-electron chi connectivity index (χ4n) is 1.83. The Hall–Kier alpha value is -1.43. The van der Waals surface area contributed by atoms with Gasteiger partial charge >= 0.3 is 6.18 Å². The monoisotopic (exact) mass is 321 g/mol. The highest BCUT2D eigenvalue weighted by atomic mass is 19.4. The molecule has 0 heterocycles. The van der Waals surface area contributed by atoms with Crippen molar-refractivity contribution in [3.05, 3.63) is 35.1 Å². The van der Waals surface area contributed by atoms with E-state index in [9.17, 15) is 22.4 Å². The quantitative estimate of drug-likeness (QED) is 0.807. The van der Waals surface area contributed by atoms with Gasteiger partial charge in [0.15, 0.2) is 0 Å². The molecule has 0 spiro atoms. The van der Waals surface area contributed by atoms with E-state index in [0.717, 1.165) is 6.07 Å². The van der Waals surface area contributed by atoms with Gasteiger partial charge in [0.2, 0.25) is 0 Å². The van der Waals surface area contributed by atoms with Crippen molar-refractivity contribution in [1.29, 1.82) is 0 Å². The molecule has 0 aliphatic carbocycles. The van der Waals surface area contributed by atoms with Crippen LogP contribution in [0.25, 0.3) is 0 Å². The van der Waals surface area contributed by atoms with Crippen LogP contribution in [0.5, 0.6) is 0 Å². The van der Waals surface area contributed by atoms with Crippen LogP contribution < -0.4 is 5.32 Å². The van der Waals surface area contributed by atoms with Crippen molar-refractivity contribution in [2.75, 3.05) is 6.54 Å². The van der Waals surface area contributed by atoms with Crippen LogP contribution in [-0.4, -0.2) is 18.4 Å². The summed E-state index contributed by atoms with van der Waals surface area (Å²) in [6, 6.07) is 2.78. The molecule has 0 aliphatic heterocycles. The minimum atomic E-state index is -4.77. The highest BCUT2D eigenvalue weighted by Crippen LogP contribution is 2.33. The van der Waals surface area contributed by atoms with E-state index < -0.39 is 23.5 Å². The van der Waals surface area contributed by atoms with Gasteiger partial charge in [0.05, 0.1) is 11.5 Å². The molecule has 6 heteroatoms. The lowest BCUT2D eigenvalue weighted by molar-refractivity contribution is -0.140. The highest BCUT2D eigenvalue weighted by molar-refractivity contribution is 5.83. The van der Waals surface area contributed by atoms with Crippen molar-refractivity contribution in [3.8, 4) is 0 Å². The predicted molar refractivity (Wildman–Crippen MR) is 79.3 cm³/mol. The maximum atomic E-state index is 13.2. The fraction of sp³-hybridized carbons (Fsp3) is 0.562. The van der Waals surface area contributed by atoms with Gasteiger partial charge in [0, 0.05) is 12.6 Å². The van der Waals surface area contributed by atoms with Crippen molar-refractivity contribution < 1.29 is 22.4 Å². The zero-order valence-corrected chi connectivity index (χ0v) is 13.5. The van der Waals surface area contributed by atoms with Crippen LogP contribution >= 0.6 is 0 Å². The lowest BCUT2D eigenvalue weighted by Gasteiger charge is -2.18. The van der Waals surface area contributed by atoms with Crippen molar-refractivity contribution in [3.63, 3.8) is 0 Å². The van der Waals surface area contributed by atoms with Crippen molar-refractivity contribution in [1.82, 2.24) is 5.32 Å². The Morgan fingerprint density at radius 2 is 1.77 bits per heavy atom. The fourth-order valence-corrected chi connectivity index (χ4v) is 1.83. The topological polar surface area (TPSA) is 29.1 Å². The molecule has 0 amide bonds. The molecule has 0 fully saturated rings. The molecule has 22 heavy (non-hydrogen) atoms. The summed E-state index contributed by atoms with van der Waals surface area (Å²) < 4.78 is 51.2. The highest BCUT2D eigenvalue weighted by Gasteiger charge is 2.35. The molecule has 2 nitrogen and oxygen atoms in total. The van der Waals surface area contributed by atoms with Crippen molar-refractivity contribution >= 4 is 5.78 Å². The van der Waals surface area contributed by atoms with Crippen molar-refractivity contribution in [2.24, 2.45) is 0 Å². The minimum absolute atomic E-state index is 0.0967. The van der Waals surface area contributed by atoms with Gasteiger partial charge < -0.3 is 5.32 Å². The third-order valence-electron chi connectivity index (χ3n) is 2.92. The summed E-state index contributed by atoms with van der Waals surface area (Å²) in [7, 11) is 0. The Morgan fingerprint density at radius 3 is 2.18 bits per heavy atom. The Balaban J connectivity index is 0.00000211. The van der Waals surface area contributed by atoms with Crippen LogP contribution in [0.15, 0.2) is 18.2 Å². The lowest BCUT2D eigenvalue weighted by Crippen LogP contribution is -2.31. The molecule has 0 saturated carbocycles. The number of alkyl halides is 3. The molecular weight excluding hydrogens is 298 g/mol. The van der Waals surface area contributed by atoms with E-state index in [4.69, 9.17) is 0 Å². The molecule has 1 unspecified atom stereocenters. The Labute approximate surface area is 128 Å². The summed E-state index contributed by atoms with van der Waals surface area (Å²) in [5, 5.41) is 3.00. The molecule has 126 valence electrons. The number of benzene rings is 1. The standard InChI is InChI=1S/C14H17F4NO.C2H6/c1-8(2)19-7-11(9(3)20)10-4-5-13(15)12(6-10)14(16,17)18;1-2/h4-6,8,11,19H,7H2,1-3H3;1-2H3. The van der Waals surface area contributed by atoms with Crippen LogP contribution in [0, 0.1) is 5.82 Å². The average Bonchev–Trinajstić information content (AvgIpc) is 2.41. The number of carbonyl (C=O) groups excluding carboxylic acids is 1. The summed E-state index contributed by atoms with van der Waals surface area (Å²) in [6.45, 7) is 9.26. The molecular formula is C16H23F4NO. The van der Waals surface area contributed by atoms with Gasteiger partial charge in [-0.15, -0.1) is 0 Å². The van der Waals surface area contributed by atoms with Gasteiger partial charge in [-0.2, -0.15) is 13.2 Å². The molecule has 1 N–H and O–H groups in total. The third kappa shape index (κ3) is 6.13. The van der Waals surface area contributed by atoms with Gasteiger partial charge in [-0.3, -0.25) is 4.79 Å². The molecule has 0 aliphatic rings. The Bertz CT molecular complexity index is 484. The second kappa shape index (κ2) is 8.88. The second-order valence-electron chi connectivity index (χ2n) is 4.96. The van der Waals surface area contributed by atoms with E-state index in [1.165, 1.54) is 13.0 Å². The molecule has 0 radical (unpaired) electrons. The summed E-state index contributed by atoms with van der Waals surface area (Å²) in [5.74, 6) is -2.32. The summed E-state index contributed by atoms with van der Waals surface area (Å²) in [4.78, 5) is 11.6. The first-order valence-corrected chi connectivity index (χ1v) is 7.23. The number of halogens is 4. The molecule has 0 bridgehead atoms. The van der Waals surface area contributed by atoms with Gasteiger partial charge in [-0.05, 0) is 24.6 Å². The number of nitrogens with one attached hydrogen (secondary N) is 1. The average molecular weight is 321 g/mol. The zero-order chi connectivity index (χ0) is 17.5. The SMILES string of the molecule is CC.CC(=O)C(CNC(C)C)c1ccc(F)c(C(F)(F)F)c1. The largest absolute Gasteiger partial charge is 0.419 e. The maximum Gasteiger partial charge on any atom is 0.419 e. The van der Waals surface area contributed by atoms with Crippen LogP contribution in [0.1, 0.15) is 51.7 Å². The Kier molecular flexibility index (Phi) is 8.30. The smallest absolute Gasteiger partial charge is 0.313 e. The first kappa shape index (κ1) is 20.6. The van der Waals surface area contributed by atoms with E-state index >= 15 is 0 Å². The van der Waals surface area contributed by atoms with E-state index in [0.29, 0.717) is 6.07 Å². The van der Waals surface area contributed by atoms with Crippen LogP contribution in [0.3, 0.4) is 0 Å². The van der Waals surface area contributed by atoms with Crippen LogP contribution in [-0.2, 0) is 11.0 Å². The van der Waals surface area contributed by atoms with E-state index in [1.54, 1.807) is 0 Å². The molecule has 0 saturated heterocycles. The summed E-state index contributed by atoms with van der Waals surface area (Å²) in [5.41, 5.74) is -1.18. The molecule has 1 aromatic carbocycles. The number of hydrogen-bond donors (Lipinski definition) is 1. The van der Waals surface area contributed by atoms with Gasteiger partial charge in [-0.25, -0.2) is 4.39 Å². The number of Topliss-reactive ketones (excluding diaryl/α,β-unsaturated/α-hetero) is 1.